The first-order valence-corrected chi connectivity index (χ1v) is 14.0. The van der Waals surface area contributed by atoms with Crippen LogP contribution in [0.5, 0.6) is 0 Å². The van der Waals surface area contributed by atoms with Crippen molar-refractivity contribution in [2.45, 2.75) is 114 Å². The molecule has 0 aliphatic carbocycles. The van der Waals surface area contributed by atoms with Crippen molar-refractivity contribution >= 4 is 44.0 Å². The summed E-state index contributed by atoms with van der Waals surface area (Å²) in [7, 11) is 1.00. The number of anilines is 1. The first-order chi connectivity index (χ1) is 16.2. The monoisotopic (exact) mass is 589 g/mol. The Bertz CT molecular complexity index is 1080. The summed E-state index contributed by atoms with van der Waals surface area (Å²) in [4.78, 5) is 23.1. The summed E-state index contributed by atoms with van der Waals surface area (Å²) in [5, 5.41) is 23.8. The highest BCUT2D eigenvalue weighted by Crippen LogP contribution is 2.33. The number of thiazole rings is 3. The second kappa shape index (κ2) is 16.2. The van der Waals surface area contributed by atoms with Crippen LogP contribution in [0, 0.1) is 30.9 Å². The molecule has 0 unspecified atom stereocenters. The van der Waals surface area contributed by atoms with Gasteiger partial charge in [0.05, 0.1) is 15.6 Å². The molecule has 3 aromatic rings. The van der Waals surface area contributed by atoms with Crippen LogP contribution in [0.4, 0.5) is 10.0 Å². The highest BCUT2D eigenvalue weighted by molar-refractivity contribution is 7.16. The molecule has 0 aliphatic heterocycles. The third-order valence-electron chi connectivity index (χ3n) is 4.31. The van der Waals surface area contributed by atoms with Crippen LogP contribution < -0.4 is 5.73 Å². The second-order valence-corrected chi connectivity index (χ2v) is 14.0. The molecule has 0 bridgehead atoms. The van der Waals surface area contributed by atoms with Crippen LogP contribution in [0.15, 0.2) is 5.38 Å². The minimum absolute atomic E-state index is 0. The molecule has 3 heterocycles. The van der Waals surface area contributed by atoms with Crippen molar-refractivity contribution in [2.75, 3.05) is 12.8 Å². The fourth-order valence-electron chi connectivity index (χ4n) is 2.31. The van der Waals surface area contributed by atoms with Gasteiger partial charge in [0.25, 0.3) is 0 Å². The summed E-state index contributed by atoms with van der Waals surface area (Å²) < 4.78 is 0. The largest absolute Gasteiger partial charge is 0.400 e. The van der Waals surface area contributed by atoms with Crippen LogP contribution in [-0.4, -0.2) is 32.1 Å². The minimum Gasteiger partial charge on any atom is -0.400 e. The van der Waals surface area contributed by atoms with Gasteiger partial charge in [-0.2, -0.15) is 0 Å². The molecule has 0 amide bonds. The van der Waals surface area contributed by atoms with E-state index in [0.29, 0.717) is 5.69 Å². The maximum Gasteiger partial charge on any atom is 0.346 e. The molecule has 0 saturated heterocycles. The molecule has 11 heteroatoms. The number of hydrogen-bond acceptors (Lipinski definition) is 10. The van der Waals surface area contributed by atoms with Crippen molar-refractivity contribution in [3.05, 3.63) is 47.6 Å². The molecule has 0 aromatic carbocycles. The predicted octanol–water partition coefficient (Wildman–Crippen LogP) is 8.62. The normalized spacial score (nSPS) is 10.8. The third kappa shape index (κ3) is 13.2. The van der Waals surface area contributed by atoms with Gasteiger partial charge in [-0.3, -0.25) is 10.1 Å². The maximum absolute atomic E-state index is 10.5. The number of hydrogen-bond donors (Lipinski definition) is 2. The van der Waals surface area contributed by atoms with Crippen molar-refractivity contribution in [2.24, 2.45) is 0 Å². The van der Waals surface area contributed by atoms with E-state index in [1.165, 1.54) is 5.01 Å². The summed E-state index contributed by atoms with van der Waals surface area (Å²) in [5.74, 6) is 0. The van der Waals surface area contributed by atoms with E-state index in [1.807, 2.05) is 34.6 Å². The molecule has 8 nitrogen and oxygen atoms in total. The van der Waals surface area contributed by atoms with Crippen molar-refractivity contribution in [1.82, 2.24) is 15.0 Å². The Morgan fingerprint density at radius 3 is 1.34 bits per heavy atom. The van der Waals surface area contributed by atoms with E-state index in [2.05, 4.69) is 61.9 Å². The number of nitro groups is 1. The summed E-state index contributed by atoms with van der Waals surface area (Å²) >= 11 is 4.50. The summed E-state index contributed by atoms with van der Waals surface area (Å²) in [5.41, 5.74) is 8.55. The molecule has 0 saturated carbocycles. The molecule has 0 aliphatic rings. The zero-order valence-corrected chi connectivity index (χ0v) is 26.4. The maximum atomic E-state index is 10.5. The van der Waals surface area contributed by atoms with Gasteiger partial charge >= 0.3 is 5.00 Å². The summed E-state index contributed by atoms with van der Waals surface area (Å²) in [6, 6.07) is 0. The van der Waals surface area contributed by atoms with Crippen LogP contribution in [-0.2, 0) is 16.2 Å². The quantitative estimate of drug-likeness (QED) is 0.215. The number of aryl methyl sites for hydroxylation is 3. The molecular formula is C27H51N5O3S3. The lowest BCUT2D eigenvalue weighted by Crippen LogP contribution is -2.10. The minimum atomic E-state index is -0.373. The van der Waals surface area contributed by atoms with Crippen molar-refractivity contribution in [1.29, 1.82) is 0 Å². The molecule has 220 valence electrons. The van der Waals surface area contributed by atoms with E-state index in [9.17, 15) is 10.1 Å². The van der Waals surface area contributed by atoms with Gasteiger partial charge in [-0.25, -0.2) is 15.0 Å². The van der Waals surface area contributed by atoms with E-state index in [4.69, 9.17) is 10.8 Å². The Morgan fingerprint density at radius 2 is 1.16 bits per heavy atom. The zero-order valence-electron chi connectivity index (χ0n) is 23.9. The van der Waals surface area contributed by atoms with Gasteiger partial charge < -0.3 is 10.8 Å². The van der Waals surface area contributed by atoms with Crippen LogP contribution in [0.25, 0.3) is 0 Å². The lowest BCUT2D eigenvalue weighted by Gasteiger charge is -2.13. The number of nitrogens with two attached hydrogens (primary N) is 1. The predicted molar refractivity (Wildman–Crippen MR) is 169 cm³/mol. The Kier molecular flexibility index (Phi) is 17.3. The average molecular weight is 590 g/mol. The summed E-state index contributed by atoms with van der Waals surface area (Å²) in [6.45, 7) is 24.6. The van der Waals surface area contributed by atoms with Crippen LogP contribution in [0.1, 0.15) is 109 Å². The fraction of sp³-hybridized carbons (Fsp3) is 0.667. The number of nitrogen functional groups attached to an aromatic ring is 1. The second-order valence-electron chi connectivity index (χ2n) is 11.2. The lowest BCUT2D eigenvalue weighted by molar-refractivity contribution is -0.380. The lowest BCUT2D eigenvalue weighted by atomic mass is 9.98. The zero-order chi connectivity index (χ0) is 28.6. The molecule has 38 heavy (non-hydrogen) atoms. The summed E-state index contributed by atoms with van der Waals surface area (Å²) in [6.07, 6.45) is 0. The van der Waals surface area contributed by atoms with Crippen molar-refractivity contribution in [3.8, 4) is 0 Å². The smallest absolute Gasteiger partial charge is 0.346 e. The van der Waals surface area contributed by atoms with E-state index in [-0.39, 0.29) is 41.0 Å². The van der Waals surface area contributed by atoms with E-state index < -0.39 is 0 Å². The number of aromatic nitrogens is 3. The van der Waals surface area contributed by atoms with Crippen molar-refractivity contribution in [3.63, 3.8) is 0 Å². The highest BCUT2D eigenvalue weighted by atomic mass is 32.1. The molecule has 0 spiro atoms. The Morgan fingerprint density at radius 1 is 0.763 bits per heavy atom. The van der Waals surface area contributed by atoms with Crippen LogP contribution >= 0.6 is 34.0 Å². The van der Waals surface area contributed by atoms with Crippen molar-refractivity contribution < 1.29 is 10.0 Å². The standard InChI is InChI=1S/C8H12N2O2S.C8H14N2S.C8H13NS.CH4O.2CH4/c1-5-6(10(11)12)13-7(9-5)8(2,3)4;1-5-6(9)11-7(10-5)8(2,3)4;1-6-5-10-7(9-6)8(2,3)4;1-2;;/h1-4H3;9H2,1-4H3;5H,1-4H3;2H,1H3;2*1H4. The molecule has 3 N–H and O–H groups in total. The molecule has 0 fully saturated rings. The van der Waals surface area contributed by atoms with E-state index in [0.717, 1.165) is 44.9 Å². The van der Waals surface area contributed by atoms with Gasteiger partial charge in [-0.15, -0.1) is 22.7 Å². The number of aliphatic hydroxyl groups is 1. The van der Waals surface area contributed by atoms with Crippen LogP contribution in [0.3, 0.4) is 0 Å². The number of nitrogens with zero attached hydrogens (tertiary/aromatic N) is 4. The van der Waals surface area contributed by atoms with Gasteiger partial charge in [0.15, 0.2) is 0 Å². The van der Waals surface area contributed by atoms with Gasteiger partial charge in [0.1, 0.15) is 20.7 Å². The third-order valence-corrected chi connectivity index (χ3v) is 8.65. The van der Waals surface area contributed by atoms with Gasteiger partial charge in [0.2, 0.25) is 0 Å². The van der Waals surface area contributed by atoms with Gasteiger partial charge in [0, 0.05) is 34.4 Å². The Hall–Kier alpha value is -1.95. The first-order valence-electron chi connectivity index (χ1n) is 11.5. The first kappa shape index (κ1) is 40.5. The number of aliphatic hydroxyl groups excluding tert-OH is 1. The number of rotatable bonds is 1. The van der Waals surface area contributed by atoms with E-state index >= 15 is 0 Å². The molecule has 3 aromatic heterocycles. The Labute approximate surface area is 243 Å². The van der Waals surface area contributed by atoms with Gasteiger partial charge in [-0.1, -0.05) is 77.2 Å². The topological polar surface area (TPSA) is 128 Å². The SMILES string of the molecule is C.C.CO.Cc1csc(C(C)(C)C)n1.Cc1nc(C(C)(C)C)sc1N.Cc1nc(C(C)(C)C)sc1[N+](=O)[O-]. The Balaban J connectivity index is -0.000000459. The van der Waals surface area contributed by atoms with Gasteiger partial charge in [-0.05, 0) is 32.1 Å². The molecule has 0 radical (unpaired) electrons. The van der Waals surface area contributed by atoms with E-state index in [1.54, 1.807) is 29.6 Å². The fourth-order valence-corrected chi connectivity index (χ4v) is 5.02. The molecule has 3 rings (SSSR count). The molecule has 0 atom stereocenters. The highest BCUT2D eigenvalue weighted by Gasteiger charge is 2.25. The van der Waals surface area contributed by atoms with Crippen LogP contribution in [0.2, 0.25) is 0 Å². The molecular weight excluding hydrogens is 539 g/mol. The average Bonchev–Trinajstić information content (AvgIpc) is 3.42.